The number of esters is 1. The fourth-order valence-electron chi connectivity index (χ4n) is 3.93. The smallest absolute Gasteiger partial charge is 0.341 e. The van der Waals surface area contributed by atoms with Gasteiger partial charge in [0.2, 0.25) is 5.91 Å². The molecule has 1 N–H and O–H groups in total. The van der Waals surface area contributed by atoms with E-state index in [1.165, 1.54) is 34.4 Å². The molecule has 0 spiro atoms. The first kappa shape index (κ1) is 25.3. The highest BCUT2D eigenvalue weighted by Crippen LogP contribution is 2.37. The first-order chi connectivity index (χ1) is 16.1. The lowest BCUT2D eigenvalue weighted by molar-refractivity contribution is -0.115. The number of hydrogen-bond acceptors (Lipinski definition) is 7. The summed E-state index contributed by atoms with van der Waals surface area (Å²) in [5.41, 5.74) is 3.08. The van der Waals surface area contributed by atoms with Gasteiger partial charge in [0.1, 0.15) is 16.1 Å². The number of rotatable bonds is 9. The van der Waals surface area contributed by atoms with Gasteiger partial charge in [0.25, 0.3) is 0 Å². The van der Waals surface area contributed by atoms with E-state index < -0.39 is 0 Å². The van der Waals surface area contributed by atoms with Gasteiger partial charge >= 0.3 is 5.97 Å². The number of anilines is 1. The number of nitriles is 1. The summed E-state index contributed by atoms with van der Waals surface area (Å²) in [5, 5.41) is 13.6. The number of ether oxygens (including phenoxy) is 1. The number of amides is 1. The summed E-state index contributed by atoms with van der Waals surface area (Å²) >= 11 is 2.93. The molecule has 1 amide bonds. The summed E-state index contributed by atoms with van der Waals surface area (Å²) in [6.45, 7) is 4.19. The molecular weight excluding hydrogens is 454 g/mol. The molecule has 8 heteroatoms. The molecule has 0 unspecified atom stereocenters. The molecule has 2 heterocycles. The summed E-state index contributed by atoms with van der Waals surface area (Å²) in [6, 6.07) is 5.87. The van der Waals surface area contributed by atoms with Crippen LogP contribution in [-0.2, 0) is 28.8 Å². The van der Waals surface area contributed by atoms with Gasteiger partial charge in [-0.3, -0.25) is 4.79 Å². The van der Waals surface area contributed by atoms with E-state index >= 15 is 0 Å². The molecule has 6 nitrogen and oxygen atoms in total. The topological polar surface area (TPSA) is 92.1 Å². The minimum atomic E-state index is -0.351. The number of nitrogens with zero attached hydrogens (tertiary/aromatic N) is 2. The van der Waals surface area contributed by atoms with Crippen LogP contribution >= 0.6 is 23.1 Å². The van der Waals surface area contributed by atoms with Crippen molar-refractivity contribution in [1.82, 2.24) is 4.98 Å². The Morgan fingerprint density at radius 1 is 1.21 bits per heavy atom. The van der Waals surface area contributed by atoms with E-state index in [0.717, 1.165) is 56.2 Å². The Morgan fingerprint density at radius 2 is 2.00 bits per heavy atom. The molecule has 0 aromatic carbocycles. The number of fused-ring (bicyclic) bond motifs is 1. The zero-order valence-corrected chi connectivity index (χ0v) is 21.0. The number of hydrogen-bond donors (Lipinski definition) is 1. The molecule has 3 rings (SSSR count). The van der Waals surface area contributed by atoms with Gasteiger partial charge in [0.05, 0.1) is 17.7 Å². The maximum absolute atomic E-state index is 12.8. The number of aromatic nitrogens is 1. The third-order valence-corrected chi connectivity index (χ3v) is 7.72. The fourth-order valence-corrected chi connectivity index (χ4v) is 6.15. The summed E-state index contributed by atoms with van der Waals surface area (Å²) in [4.78, 5) is 31.3. The quantitative estimate of drug-likeness (QED) is 0.350. The zero-order chi connectivity index (χ0) is 23.6. The molecule has 33 heavy (non-hydrogen) atoms. The van der Waals surface area contributed by atoms with Crippen LogP contribution in [0.15, 0.2) is 17.2 Å². The first-order valence-electron chi connectivity index (χ1n) is 11.7. The highest BCUT2D eigenvalue weighted by Gasteiger charge is 2.26. The summed E-state index contributed by atoms with van der Waals surface area (Å²) in [6.07, 6.45) is 8.41. The maximum atomic E-state index is 12.8. The summed E-state index contributed by atoms with van der Waals surface area (Å²) < 4.78 is 5.32. The number of carbonyl (C=O) groups excluding carboxylic acids is 2. The van der Waals surface area contributed by atoms with Crippen LogP contribution in [0.4, 0.5) is 5.00 Å². The largest absolute Gasteiger partial charge is 0.462 e. The number of thioether (sulfide) groups is 1. The predicted molar refractivity (Wildman–Crippen MR) is 133 cm³/mol. The molecule has 176 valence electrons. The van der Waals surface area contributed by atoms with Crippen molar-refractivity contribution >= 4 is 40.0 Å². The third kappa shape index (κ3) is 6.81. The van der Waals surface area contributed by atoms with Gasteiger partial charge < -0.3 is 10.1 Å². The van der Waals surface area contributed by atoms with E-state index in [-0.39, 0.29) is 18.3 Å². The molecule has 0 saturated heterocycles. The molecule has 0 fully saturated rings. The van der Waals surface area contributed by atoms with Crippen LogP contribution < -0.4 is 5.32 Å². The number of nitrogens with one attached hydrogen (secondary N) is 1. The molecule has 1 aliphatic rings. The fraction of sp³-hybridized carbons (Fsp3) is 0.520. The Labute approximate surface area is 204 Å². The standard InChI is InChI=1S/C25H31N3O3S2/c1-3-9-18-13-12-17(16-26)23(27-18)32-15-14-21(29)28-24-22(25(30)31-4-2)19-10-7-5-6-8-11-20(19)33-24/h12-13H,3-11,14-15H2,1-2H3,(H,28,29). The highest BCUT2D eigenvalue weighted by molar-refractivity contribution is 7.99. The van der Waals surface area contributed by atoms with E-state index in [4.69, 9.17) is 4.74 Å². The van der Waals surface area contributed by atoms with Gasteiger partial charge in [0, 0.05) is 22.7 Å². The Morgan fingerprint density at radius 3 is 2.73 bits per heavy atom. The second-order valence-corrected chi connectivity index (χ2v) is 10.2. The van der Waals surface area contributed by atoms with E-state index in [1.54, 1.807) is 13.0 Å². The summed E-state index contributed by atoms with van der Waals surface area (Å²) in [7, 11) is 0. The Kier molecular flexibility index (Phi) is 9.76. The van der Waals surface area contributed by atoms with E-state index in [1.807, 2.05) is 6.07 Å². The number of carbonyl (C=O) groups is 2. The third-order valence-electron chi connectivity index (χ3n) is 5.52. The van der Waals surface area contributed by atoms with Crippen molar-refractivity contribution in [1.29, 1.82) is 5.26 Å². The van der Waals surface area contributed by atoms with Crippen LogP contribution in [-0.4, -0.2) is 29.2 Å². The van der Waals surface area contributed by atoms with Crippen LogP contribution in [0.1, 0.15) is 84.4 Å². The van der Waals surface area contributed by atoms with E-state index in [9.17, 15) is 14.9 Å². The molecule has 1 aliphatic carbocycles. The molecule has 0 atom stereocenters. The van der Waals surface area contributed by atoms with Crippen molar-refractivity contribution in [3.05, 3.63) is 39.4 Å². The SMILES string of the molecule is CCCc1ccc(C#N)c(SCCC(=O)Nc2sc3c(c2C(=O)OCC)CCCCCC3)n1. The van der Waals surface area contributed by atoms with Crippen LogP contribution in [0.2, 0.25) is 0 Å². The van der Waals surface area contributed by atoms with Gasteiger partial charge in [-0.2, -0.15) is 5.26 Å². The van der Waals surface area contributed by atoms with Crippen molar-refractivity contribution in [2.75, 3.05) is 17.7 Å². The van der Waals surface area contributed by atoms with Gasteiger partial charge in [-0.25, -0.2) is 9.78 Å². The van der Waals surface area contributed by atoms with Crippen molar-refractivity contribution in [2.24, 2.45) is 0 Å². The first-order valence-corrected chi connectivity index (χ1v) is 13.5. The summed E-state index contributed by atoms with van der Waals surface area (Å²) in [5.74, 6) is 0.00414. The molecular formula is C25H31N3O3S2. The maximum Gasteiger partial charge on any atom is 0.341 e. The second kappa shape index (κ2) is 12.8. The van der Waals surface area contributed by atoms with Crippen LogP contribution in [0.5, 0.6) is 0 Å². The lowest BCUT2D eigenvalue weighted by atomic mass is 9.96. The van der Waals surface area contributed by atoms with Crippen molar-refractivity contribution in [2.45, 2.75) is 76.7 Å². The number of thiophene rings is 1. The Hall–Kier alpha value is -2.37. The zero-order valence-electron chi connectivity index (χ0n) is 19.4. The van der Waals surface area contributed by atoms with Crippen LogP contribution in [0.3, 0.4) is 0 Å². The van der Waals surface area contributed by atoms with Crippen molar-refractivity contribution in [3.8, 4) is 6.07 Å². The van der Waals surface area contributed by atoms with Gasteiger partial charge in [-0.05, 0) is 56.7 Å². The van der Waals surface area contributed by atoms with Crippen LogP contribution in [0.25, 0.3) is 0 Å². The molecule has 0 bridgehead atoms. The van der Waals surface area contributed by atoms with Crippen molar-refractivity contribution < 1.29 is 14.3 Å². The normalized spacial score (nSPS) is 13.4. The minimum Gasteiger partial charge on any atom is -0.462 e. The average molecular weight is 486 g/mol. The van der Waals surface area contributed by atoms with Crippen molar-refractivity contribution in [3.63, 3.8) is 0 Å². The molecule has 0 radical (unpaired) electrons. The second-order valence-electron chi connectivity index (χ2n) is 8.01. The minimum absolute atomic E-state index is 0.148. The molecule has 0 aliphatic heterocycles. The lowest BCUT2D eigenvalue weighted by Crippen LogP contribution is -2.15. The monoisotopic (exact) mass is 485 g/mol. The van der Waals surface area contributed by atoms with Gasteiger partial charge in [0.15, 0.2) is 0 Å². The Balaban J connectivity index is 1.69. The Bertz CT molecular complexity index is 1030. The van der Waals surface area contributed by atoms with E-state index in [0.29, 0.717) is 33.5 Å². The van der Waals surface area contributed by atoms with Gasteiger partial charge in [-0.1, -0.05) is 26.2 Å². The number of aryl methyl sites for hydroxylation is 2. The predicted octanol–water partition coefficient (Wildman–Crippen LogP) is 5.92. The molecule has 2 aromatic heterocycles. The molecule has 2 aromatic rings. The molecule has 0 saturated carbocycles. The highest BCUT2D eigenvalue weighted by atomic mass is 32.2. The van der Waals surface area contributed by atoms with E-state index in [2.05, 4.69) is 23.3 Å². The number of pyridine rings is 1. The average Bonchev–Trinajstić information content (AvgIpc) is 3.10. The van der Waals surface area contributed by atoms with Gasteiger partial charge in [-0.15, -0.1) is 23.1 Å². The van der Waals surface area contributed by atoms with Crippen LogP contribution in [0, 0.1) is 11.3 Å². The lowest BCUT2D eigenvalue weighted by Gasteiger charge is -2.11.